The van der Waals surface area contributed by atoms with Crippen LogP contribution in [0.15, 0.2) is 67.0 Å². The van der Waals surface area contributed by atoms with Gasteiger partial charge in [0.25, 0.3) is 0 Å². The Labute approximate surface area is 132 Å². The van der Waals surface area contributed by atoms with Crippen molar-refractivity contribution in [2.24, 2.45) is 0 Å². The van der Waals surface area contributed by atoms with Gasteiger partial charge >= 0.3 is 0 Å². The summed E-state index contributed by atoms with van der Waals surface area (Å²) in [5, 5.41) is 4.14. The van der Waals surface area contributed by atoms with E-state index in [9.17, 15) is 4.39 Å². The summed E-state index contributed by atoms with van der Waals surface area (Å²) in [5.41, 5.74) is 3.51. The van der Waals surface area contributed by atoms with Gasteiger partial charge in [0.15, 0.2) is 0 Å². The van der Waals surface area contributed by atoms with Crippen molar-refractivity contribution >= 4 is 22.5 Å². The Balaban J connectivity index is 1.67. The minimum Gasteiger partial charge on any atom is -0.361 e. The van der Waals surface area contributed by atoms with Crippen LogP contribution in [0.4, 0.5) is 16.0 Å². The Morgan fingerprint density at radius 3 is 2.87 bits per heavy atom. The summed E-state index contributed by atoms with van der Waals surface area (Å²) in [6.45, 7) is 0. The van der Waals surface area contributed by atoms with Crippen molar-refractivity contribution in [2.75, 3.05) is 5.32 Å². The van der Waals surface area contributed by atoms with E-state index in [1.54, 1.807) is 18.3 Å². The summed E-state index contributed by atoms with van der Waals surface area (Å²) in [6.07, 6.45) is 3.59. The molecule has 5 heteroatoms. The molecular weight excluding hydrogens is 291 g/mol. The SMILES string of the molecule is Fc1cccc(Nc2nccc(-c3ccc4[nH]ccc4c3)n2)c1. The number of anilines is 2. The fourth-order valence-corrected chi connectivity index (χ4v) is 2.49. The minimum atomic E-state index is -0.302. The number of H-pyrrole nitrogens is 1. The first-order valence-electron chi connectivity index (χ1n) is 7.21. The molecule has 23 heavy (non-hydrogen) atoms. The maximum absolute atomic E-state index is 13.2. The second-order valence-corrected chi connectivity index (χ2v) is 5.18. The number of nitrogens with zero attached hydrogens (tertiary/aromatic N) is 2. The minimum absolute atomic E-state index is 0.302. The van der Waals surface area contributed by atoms with Crippen molar-refractivity contribution in [3.8, 4) is 11.3 Å². The van der Waals surface area contributed by atoms with E-state index >= 15 is 0 Å². The molecule has 0 saturated carbocycles. The average Bonchev–Trinajstić information content (AvgIpc) is 3.03. The molecule has 0 bridgehead atoms. The fourth-order valence-electron chi connectivity index (χ4n) is 2.49. The summed E-state index contributed by atoms with van der Waals surface area (Å²) in [4.78, 5) is 11.9. The molecule has 4 aromatic rings. The summed E-state index contributed by atoms with van der Waals surface area (Å²) in [5.74, 6) is 0.131. The number of halogens is 1. The van der Waals surface area contributed by atoms with Crippen LogP contribution >= 0.6 is 0 Å². The zero-order valence-electron chi connectivity index (χ0n) is 12.1. The summed E-state index contributed by atoms with van der Waals surface area (Å²) < 4.78 is 13.2. The van der Waals surface area contributed by atoms with Crippen LogP contribution in [0.3, 0.4) is 0 Å². The monoisotopic (exact) mass is 304 g/mol. The van der Waals surface area contributed by atoms with Gasteiger partial charge in [0, 0.05) is 34.5 Å². The standard InChI is InChI=1S/C18H13FN4/c19-14-2-1-3-15(11-14)22-18-21-9-7-17(23-18)12-4-5-16-13(10-12)6-8-20-16/h1-11,20H,(H,21,22,23). The first-order chi connectivity index (χ1) is 11.3. The Bertz CT molecular complexity index is 977. The van der Waals surface area contributed by atoms with E-state index in [1.165, 1.54) is 12.1 Å². The second kappa shape index (κ2) is 5.53. The zero-order chi connectivity index (χ0) is 15.6. The third-order valence-corrected chi connectivity index (χ3v) is 3.59. The highest BCUT2D eigenvalue weighted by Crippen LogP contribution is 2.23. The van der Waals surface area contributed by atoms with Gasteiger partial charge in [-0.1, -0.05) is 12.1 Å². The number of aromatic nitrogens is 3. The zero-order valence-corrected chi connectivity index (χ0v) is 12.1. The normalized spacial score (nSPS) is 10.8. The number of hydrogen-bond donors (Lipinski definition) is 2. The van der Waals surface area contributed by atoms with Gasteiger partial charge in [-0.25, -0.2) is 14.4 Å². The summed E-state index contributed by atoms with van der Waals surface area (Å²) in [7, 11) is 0. The third kappa shape index (κ3) is 2.76. The molecule has 0 amide bonds. The van der Waals surface area contributed by atoms with Crippen LogP contribution < -0.4 is 5.32 Å². The van der Waals surface area contributed by atoms with Gasteiger partial charge in [0.05, 0.1) is 5.69 Å². The topological polar surface area (TPSA) is 53.6 Å². The molecule has 0 aliphatic rings. The van der Waals surface area contributed by atoms with Crippen molar-refractivity contribution in [3.05, 3.63) is 72.8 Å². The lowest BCUT2D eigenvalue weighted by Gasteiger charge is -2.07. The molecule has 0 aliphatic heterocycles. The summed E-state index contributed by atoms with van der Waals surface area (Å²) in [6, 6.07) is 16.2. The van der Waals surface area contributed by atoms with Gasteiger partial charge in [0.2, 0.25) is 5.95 Å². The van der Waals surface area contributed by atoms with E-state index < -0.39 is 0 Å². The lowest BCUT2D eigenvalue weighted by molar-refractivity contribution is 0.628. The van der Waals surface area contributed by atoms with E-state index in [0.717, 1.165) is 22.2 Å². The van der Waals surface area contributed by atoms with Gasteiger partial charge in [-0.2, -0.15) is 0 Å². The smallest absolute Gasteiger partial charge is 0.227 e. The molecule has 0 fully saturated rings. The maximum Gasteiger partial charge on any atom is 0.227 e. The Hall–Kier alpha value is -3.21. The predicted molar refractivity (Wildman–Crippen MR) is 89.0 cm³/mol. The Kier molecular flexibility index (Phi) is 3.24. The van der Waals surface area contributed by atoms with Crippen LogP contribution in [0.5, 0.6) is 0 Å². The molecule has 2 aromatic heterocycles. The highest BCUT2D eigenvalue weighted by molar-refractivity contribution is 5.84. The second-order valence-electron chi connectivity index (χ2n) is 5.18. The molecule has 0 saturated heterocycles. The van der Waals surface area contributed by atoms with Crippen molar-refractivity contribution in [2.45, 2.75) is 0 Å². The number of aromatic amines is 1. The van der Waals surface area contributed by atoms with Gasteiger partial charge in [0.1, 0.15) is 5.82 Å². The first kappa shape index (κ1) is 13.5. The van der Waals surface area contributed by atoms with E-state index in [4.69, 9.17) is 0 Å². The molecule has 4 nitrogen and oxygen atoms in total. The quantitative estimate of drug-likeness (QED) is 0.585. The average molecular weight is 304 g/mol. The lowest BCUT2D eigenvalue weighted by Crippen LogP contribution is -1.98. The van der Waals surface area contributed by atoms with Crippen LogP contribution in [0, 0.1) is 5.82 Å². The molecule has 0 spiro atoms. The molecule has 0 unspecified atom stereocenters. The fraction of sp³-hybridized carbons (Fsp3) is 0. The van der Waals surface area contributed by atoms with Crippen LogP contribution in [-0.4, -0.2) is 15.0 Å². The number of rotatable bonds is 3. The largest absolute Gasteiger partial charge is 0.361 e. The van der Waals surface area contributed by atoms with E-state index in [-0.39, 0.29) is 5.82 Å². The summed E-state index contributed by atoms with van der Waals surface area (Å²) >= 11 is 0. The van der Waals surface area contributed by atoms with Gasteiger partial charge in [-0.3, -0.25) is 0 Å². The third-order valence-electron chi connectivity index (χ3n) is 3.59. The molecule has 4 rings (SSSR count). The molecule has 0 radical (unpaired) electrons. The number of hydrogen-bond acceptors (Lipinski definition) is 3. The Morgan fingerprint density at radius 2 is 1.96 bits per heavy atom. The van der Waals surface area contributed by atoms with Crippen molar-refractivity contribution in [3.63, 3.8) is 0 Å². The number of nitrogens with one attached hydrogen (secondary N) is 2. The number of fused-ring (bicyclic) bond motifs is 1. The van der Waals surface area contributed by atoms with Crippen LogP contribution in [-0.2, 0) is 0 Å². The predicted octanol–water partition coefficient (Wildman–Crippen LogP) is 4.51. The van der Waals surface area contributed by atoms with E-state index in [0.29, 0.717) is 11.6 Å². The molecule has 2 heterocycles. The van der Waals surface area contributed by atoms with Gasteiger partial charge in [-0.15, -0.1) is 0 Å². The highest BCUT2D eigenvalue weighted by Gasteiger charge is 2.05. The van der Waals surface area contributed by atoms with Crippen LogP contribution in [0.25, 0.3) is 22.2 Å². The highest BCUT2D eigenvalue weighted by atomic mass is 19.1. The molecule has 2 aromatic carbocycles. The maximum atomic E-state index is 13.2. The van der Waals surface area contributed by atoms with E-state index in [1.807, 2.05) is 30.5 Å². The van der Waals surface area contributed by atoms with Crippen molar-refractivity contribution in [1.29, 1.82) is 0 Å². The molecule has 0 aliphatic carbocycles. The van der Waals surface area contributed by atoms with Gasteiger partial charge < -0.3 is 10.3 Å². The molecule has 2 N–H and O–H groups in total. The lowest BCUT2D eigenvalue weighted by atomic mass is 10.1. The van der Waals surface area contributed by atoms with Crippen molar-refractivity contribution in [1.82, 2.24) is 15.0 Å². The van der Waals surface area contributed by atoms with Gasteiger partial charge in [-0.05, 0) is 42.5 Å². The molecule has 112 valence electrons. The molecular formula is C18H13FN4. The van der Waals surface area contributed by atoms with Crippen molar-refractivity contribution < 1.29 is 4.39 Å². The van der Waals surface area contributed by atoms with Crippen LogP contribution in [0.2, 0.25) is 0 Å². The van der Waals surface area contributed by atoms with Crippen LogP contribution in [0.1, 0.15) is 0 Å². The Morgan fingerprint density at radius 1 is 1.00 bits per heavy atom. The first-order valence-corrected chi connectivity index (χ1v) is 7.21. The van der Waals surface area contributed by atoms with E-state index in [2.05, 4.69) is 26.3 Å². The molecule has 0 atom stereocenters. The number of benzene rings is 2.